The van der Waals surface area contributed by atoms with Crippen LogP contribution < -0.4 is 4.74 Å². The zero-order chi connectivity index (χ0) is 14.8. The minimum atomic E-state index is -4.65. The Labute approximate surface area is 110 Å². The number of rotatable bonds is 2. The van der Waals surface area contributed by atoms with Gasteiger partial charge in [0, 0.05) is 6.20 Å². The maximum atomic E-state index is 13.3. The van der Waals surface area contributed by atoms with Crippen molar-refractivity contribution in [1.82, 2.24) is 9.97 Å². The number of nitriles is 1. The first-order chi connectivity index (χ1) is 9.41. The lowest BCUT2D eigenvalue weighted by Crippen LogP contribution is -2.09. The Hall–Kier alpha value is -2.69. The van der Waals surface area contributed by atoms with E-state index in [0.29, 0.717) is 6.07 Å². The summed E-state index contributed by atoms with van der Waals surface area (Å²) in [6.45, 7) is 0. The highest BCUT2D eigenvalue weighted by atomic mass is 19.4. The van der Waals surface area contributed by atoms with Crippen LogP contribution in [0.1, 0.15) is 11.3 Å². The summed E-state index contributed by atoms with van der Waals surface area (Å²) in [4.78, 5) is 6.64. The van der Waals surface area contributed by atoms with Crippen molar-refractivity contribution < 1.29 is 22.3 Å². The quantitative estimate of drug-likeness (QED) is 0.793. The highest BCUT2D eigenvalue weighted by molar-refractivity contribution is 5.44. The second-order valence-electron chi connectivity index (χ2n) is 3.55. The molecular formula is C12H5F4N3O. The van der Waals surface area contributed by atoms with E-state index in [0.717, 1.165) is 12.3 Å². The molecule has 0 aliphatic carbocycles. The van der Waals surface area contributed by atoms with Crippen LogP contribution in [0.15, 0.2) is 30.5 Å². The van der Waals surface area contributed by atoms with Crippen LogP contribution in [0.5, 0.6) is 11.8 Å². The third kappa shape index (κ3) is 2.83. The van der Waals surface area contributed by atoms with Gasteiger partial charge in [0.05, 0.1) is 0 Å². The molecule has 0 bridgehead atoms. The number of hydrogen-bond donors (Lipinski definition) is 0. The van der Waals surface area contributed by atoms with E-state index in [1.807, 2.05) is 0 Å². The van der Waals surface area contributed by atoms with Gasteiger partial charge >= 0.3 is 12.2 Å². The zero-order valence-corrected chi connectivity index (χ0v) is 9.65. The van der Waals surface area contributed by atoms with E-state index < -0.39 is 29.3 Å². The summed E-state index contributed by atoms with van der Waals surface area (Å²) < 4.78 is 55.6. The molecule has 0 radical (unpaired) electrons. The van der Waals surface area contributed by atoms with Gasteiger partial charge in [0.15, 0.2) is 11.4 Å². The highest BCUT2D eigenvalue weighted by Gasteiger charge is 2.33. The van der Waals surface area contributed by atoms with E-state index in [4.69, 9.17) is 10.00 Å². The van der Waals surface area contributed by atoms with Crippen LogP contribution in [0.25, 0.3) is 0 Å². The Bertz CT molecular complexity index is 679. The molecule has 0 saturated carbocycles. The molecule has 102 valence electrons. The summed E-state index contributed by atoms with van der Waals surface area (Å²) in [5.41, 5.74) is -1.63. The SMILES string of the molecule is N#Cc1c(F)cccc1Oc1nccc(C(F)(F)F)n1. The number of halogens is 4. The van der Waals surface area contributed by atoms with E-state index in [2.05, 4.69) is 9.97 Å². The fourth-order valence-electron chi connectivity index (χ4n) is 1.34. The molecule has 0 N–H and O–H groups in total. The molecule has 0 atom stereocenters. The summed E-state index contributed by atoms with van der Waals surface area (Å²) in [7, 11) is 0. The van der Waals surface area contributed by atoms with Crippen LogP contribution in [-0.2, 0) is 6.18 Å². The number of aromatic nitrogens is 2. The first-order valence-corrected chi connectivity index (χ1v) is 5.18. The largest absolute Gasteiger partial charge is 0.433 e. The molecule has 2 rings (SSSR count). The predicted molar refractivity (Wildman–Crippen MR) is 58.2 cm³/mol. The van der Waals surface area contributed by atoms with Crippen molar-refractivity contribution in [3.05, 3.63) is 47.5 Å². The van der Waals surface area contributed by atoms with Gasteiger partial charge in [-0.15, -0.1) is 0 Å². The average Bonchev–Trinajstić information content (AvgIpc) is 2.38. The number of nitrogens with zero attached hydrogens (tertiary/aromatic N) is 3. The lowest BCUT2D eigenvalue weighted by molar-refractivity contribution is -0.141. The molecule has 0 spiro atoms. The molecule has 1 aromatic heterocycles. The highest BCUT2D eigenvalue weighted by Crippen LogP contribution is 2.29. The maximum Gasteiger partial charge on any atom is 0.433 e. The van der Waals surface area contributed by atoms with E-state index in [9.17, 15) is 17.6 Å². The first kappa shape index (κ1) is 13.7. The minimum Gasteiger partial charge on any atom is -0.423 e. The molecule has 0 fully saturated rings. The van der Waals surface area contributed by atoms with E-state index in [-0.39, 0.29) is 5.75 Å². The van der Waals surface area contributed by atoms with Crippen molar-refractivity contribution in [2.45, 2.75) is 6.18 Å². The topological polar surface area (TPSA) is 58.8 Å². The summed E-state index contributed by atoms with van der Waals surface area (Å²) in [6.07, 6.45) is -3.79. The summed E-state index contributed by atoms with van der Waals surface area (Å²) in [6, 6.07) is 5.10. The second kappa shape index (κ2) is 5.13. The van der Waals surface area contributed by atoms with Crippen LogP contribution in [0.4, 0.5) is 17.6 Å². The van der Waals surface area contributed by atoms with E-state index >= 15 is 0 Å². The predicted octanol–water partition coefficient (Wildman–Crippen LogP) is 3.30. The molecule has 8 heteroatoms. The molecule has 0 aliphatic rings. The Balaban J connectivity index is 2.37. The maximum absolute atomic E-state index is 13.3. The van der Waals surface area contributed by atoms with Gasteiger partial charge in [-0.3, -0.25) is 0 Å². The summed E-state index contributed by atoms with van der Waals surface area (Å²) in [5, 5.41) is 8.77. The Kier molecular flexibility index (Phi) is 3.52. The third-order valence-electron chi connectivity index (χ3n) is 2.21. The van der Waals surface area contributed by atoms with Crippen molar-refractivity contribution in [1.29, 1.82) is 5.26 Å². The van der Waals surface area contributed by atoms with Gasteiger partial charge in [0.25, 0.3) is 0 Å². The zero-order valence-electron chi connectivity index (χ0n) is 9.65. The second-order valence-corrected chi connectivity index (χ2v) is 3.55. The molecular weight excluding hydrogens is 278 g/mol. The lowest BCUT2D eigenvalue weighted by Gasteiger charge is -2.08. The van der Waals surface area contributed by atoms with Crippen LogP contribution in [0.3, 0.4) is 0 Å². The van der Waals surface area contributed by atoms with Crippen LogP contribution in [-0.4, -0.2) is 9.97 Å². The summed E-state index contributed by atoms with van der Waals surface area (Å²) in [5.74, 6) is -1.11. The number of hydrogen-bond acceptors (Lipinski definition) is 4. The standard InChI is InChI=1S/C12H5F4N3O/c13-8-2-1-3-9(7(8)6-17)20-11-18-5-4-10(19-11)12(14,15)16/h1-5H. The first-order valence-electron chi connectivity index (χ1n) is 5.18. The number of ether oxygens (including phenoxy) is 1. The van der Waals surface area contributed by atoms with Gasteiger partial charge < -0.3 is 4.74 Å². The van der Waals surface area contributed by atoms with Crippen LogP contribution in [0, 0.1) is 17.1 Å². The molecule has 20 heavy (non-hydrogen) atoms. The fraction of sp³-hybridized carbons (Fsp3) is 0.0833. The monoisotopic (exact) mass is 283 g/mol. The van der Waals surface area contributed by atoms with Crippen molar-refractivity contribution in [3.63, 3.8) is 0 Å². The molecule has 0 unspecified atom stereocenters. The third-order valence-corrected chi connectivity index (χ3v) is 2.21. The molecule has 1 aromatic carbocycles. The van der Waals surface area contributed by atoms with Crippen molar-refractivity contribution in [3.8, 4) is 17.8 Å². The van der Waals surface area contributed by atoms with E-state index in [1.165, 1.54) is 12.1 Å². The van der Waals surface area contributed by atoms with Crippen molar-refractivity contribution in [2.24, 2.45) is 0 Å². The normalized spacial score (nSPS) is 10.9. The van der Waals surface area contributed by atoms with Gasteiger partial charge in [0.1, 0.15) is 17.4 Å². The smallest absolute Gasteiger partial charge is 0.423 e. The lowest BCUT2D eigenvalue weighted by atomic mass is 10.2. The Morgan fingerprint density at radius 3 is 2.60 bits per heavy atom. The number of alkyl halides is 3. The minimum absolute atomic E-state index is 0.258. The van der Waals surface area contributed by atoms with Gasteiger partial charge in [0.2, 0.25) is 0 Å². The number of benzene rings is 1. The van der Waals surface area contributed by atoms with E-state index in [1.54, 1.807) is 6.07 Å². The van der Waals surface area contributed by atoms with Crippen LogP contribution in [0.2, 0.25) is 0 Å². The van der Waals surface area contributed by atoms with Crippen LogP contribution >= 0.6 is 0 Å². The molecule has 0 aliphatic heterocycles. The Morgan fingerprint density at radius 1 is 1.20 bits per heavy atom. The molecule has 0 amide bonds. The molecule has 4 nitrogen and oxygen atoms in total. The summed E-state index contributed by atoms with van der Waals surface area (Å²) >= 11 is 0. The molecule has 2 aromatic rings. The van der Waals surface area contributed by atoms with Gasteiger partial charge in [-0.25, -0.2) is 9.37 Å². The Morgan fingerprint density at radius 2 is 1.95 bits per heavy atom. The molecule has 0 saturated heterocycles. The van der Waals surface area contributed by atoms with Crippen molar-refractivity contribution >= 4 is 0 Å². The van der Waals surface area contributed by atoms with Crippen molar-refractivity contribution in [2.75, 3.05) is 0 Å². The fourth-order valence-corrected chi connectivity index (χ4v) is 1.34. The average molecular weight is 283 g/mol. The van der Waals surface area contributed by atoms with Gasteiger partial charge in [-0.2, -0.15) is 23.4 Å². The molecule has 1 heterocycles. The van der Waals surface area contributed by atoms with Gasteiger partial charge in [-0.05, 0) is 18.2 Å². The van der Waals surface area contributed by atoms with Gasteiger partial charge in [-0.1, -0.05) is 6.07 Å².